The van der Waals surface area contributed by atoms with Crippen LogP contribution < -0.4 is 5.32 Å². The van der Waals surface area contributed by atoms with Crippen LogP contribution >= 0.6 is 0 Å². The second kappa shape index (κ2) is 6.92. The maximum atomic E-state index is 12.5. The van der Waals surface area contributed by atoms with Crippen molar-refractivity contribution in [3.8, 4) is 0 Å². The van der Waals surface area contributed by atoms with Crippen molar-refractivity contribution >= 4 is 33.7 Å². The standard InChI is InChI=1S/C21H17N3O3/c25-20(23-11-14-4-3-5-15(10-14)21(26)27)13-24-18-7-2-1-6-16(18)17-8-9-22-12-19(17)24/h1-10,12H,11,13H2,(H,23,25)(H,26,27). The second-order valence-electron chi connectivity index (χ2n) is 6.28. The van der Waals surface area contributed by atoms with Gasteiger partial charge in [-0.05, 0) is 29.8 Å². The third kappa shape index (κ3) is 3.25. The maximum absolute atomic E-state index is 12.5. The number of carbonyl (C=O) groups is 2. The van der Waals surface area contributed by atoms with E-state index in [-0.39, 0.29) is 24.6 Å². The molecular weight excluding hydrogens is 342 g/mol. The van der Waals surface area contributed by atoms with Crippen molar-refractivity contribution < 1.29 is 14.7 Å². The van der Waals surface area contributed by atoms with E-state index in [0.717, 1.165) is 27.4 Å². The number of benzene rings is 2. The SMILES string of the molecule is O=C(Cn1c2ccccc2c2ccncc21)NCc1cccc(C(=O)O)c1. The number of hydrogen-bond acceptors (Lipinski definition) is 3. The maximum Gasteiger partial charge on any atom is 0.335 e. The zero-order valence-electron chi connectivity index (χ0n) is 14.4. The van der Waals surface area contributed by atoms with Crippen LogP contribution in [0, 0.1) is 0 Å². The lowest BCUT2D eigenvalue weighted by Gasteiger charge is -2.09. The molecule has 6 nitrogen and oxygen atoms in total. The van der Waals surface area contributed by atoms with E-state index in [2.05, 4.69) is 10.3 Å². The van der Waals surface area contributed by atoms with Gasteiger partial charge < -0.3 is 15.0 Å². The third-order valence-corrected chi connectivity index (χ3v) is 4.54. The summed E-state index contributed by atoms with van der Waals surface area (Å²) in [7, 11) is 0. The van der Waals surface area contributed by atoms with Gasteiger partial charge in [0.05, 0.1) is 17.3 Å². The van der Waals surface area contributed by atoms with Crippen LogP contribution in [0.1, 0.15) is 15.9 Å². The van der Waals surface area contributed by atoms with E-state index >= 15 is 0 Å². The van der Waals surface area contributed by atoms with Crippen molar-refractivity contribution in [3.63, 3.8) is 0 Å². The van der Waals surface area contributed by atoms with Crippen molar-refractivity contribution in [1.82, 2.24) is 14.9 Å². The largest absolute Gasteiger partial charge is 0.478 e. The highest BCUT2D eigenvalue weighted by atomic mass is 16.4. The topological polar surface area (TPSA) is 84.2 Å². The summed E-state index contributed by atoms with van der Waals surface area (Å²) in [4.78, 5) is 27.8. The second-order valence-corrected chi connectivity index (χ2v) is 6.28. The number of carboxylic acids is 1. The molecule has 0 aliphatic rings. The summed E-state index contributed by atoms with van der Waals surface area (Å²) in [6.07, 6.45) is 3.51. The number of hydrogen-bond donors (Lipinski definition) is 2. The van der Waals surface area contributed by atoms with Gasteiger partial charge in [-0.15, -0.1) is 0 Å². The molecule has 0 radical (unpaired) electrons. The molecular formula is C21H17N3O3. The number of amides is 1. The molecule has 0 atom stereocenters. The predicted octanol–water partition coefficient (Wildman–Crippen LogP) is 3.20. The van der Waals surface area contributed by atoms with E-state index in [1.54, 1.807) is 30.6 Å². The first-order valence-corrected chi connectivity index (χ1v) is 8.53. The fourth-order valence-corrected chi connectivity index (χ4v) is 3.28. The molecule has 0 aliphatic heterocycles. The molecule has 134 valence electrons. The molecule has 0 bridgehead atoms. The lowest BCUT2D eigenvalue weighted by Crippen LogP contribution is -2.27. The first-order chi connectivity index (χ1) is 13.1. The number of aromatic nitrogens is 2. The smallest absolute Gasteiger partial charge is 0.335 e. The van der Waals surface area contributed by atoms with Gasteiger partial charge in [0.1, 0.15) is 6.54 Å². The number of carboxylic acid groups (broad SMARTS) is 1. The van der Waals surface area contributed by atoms with Gasteiger partial charge in [-0.1, -0.05) is 30.3 Å². The molecule has 0 saturated heterocycles. The molecule has 0 unspecified atom stereocenters. The van der Waals surface area contributed by atoms with Gasteiger partial charge in [0.15, 0.2) is 0 Å². The van der Waals surface area contributed by atoms with Crippen LogP contribution in [0.2, 0.25) is 0 Å². The lowest BCUT2D eigenvalue weighted by molar-refractivity contribution is -0.121. The van der Waals surface area contributed by atoms with Gasteiger partial charge in [-0.3, -0.25) is 9.78 Å². The van der Waals surface area contributed by atoms with Gasteiger partial charge in [-0.2, -0.15) is 0 Å². The number of carbonyl (C=O) groups excluding carboxylic acids is 1. The quantitative estimate of drug-likeness (QED) is 0.573. The average molecular weight is 359 g/mol. The fourth-order valence-electron chi connectivity index (χ4n) is 3.28. The Morgan fingerprint density at radius 1 is 1.00 bits per heavy atom. The number of nitrogens with zero attached hydrogens (tertiary/aromatic N) is 2. The number of pyridine rings is 1. The van der Waals surface area contributed by atoms with Gasteiger partial charge in [0, 0.05) is 29.0 Å². The first-order valence-electron chi connectivity index (χ1n) is 8.53. The van der Waals surface area contributed by atoms with E-state index < -0.39 is 5.97 Å². The summed E-state index contributed by atoms with van der Waals surface area (Å²) in [6.45, 7) is 0.434. The summed E-state index contributed by atoms with van der Waals surface area (Å²) in [6, 6.07) is 16.4. The minimum Gasteiger partial charge on any atom is -0.478 e. The zero-order chi connectivity index (χ0) is 18.8. The number of rotatable bonds is 5. The Kier molecular flexibility index (Phi) is 4.30. The Bertz CT molecular complexity index is 1110. The van der Waals surface area contributed by atoms with E-state index in [1.165, 1.54) is 6.07 Å². The summed E-state index contributed by atoms with van der Waals surface area (Å²) in [5.41, 5.74) is 2.83. The Hall–Kier alpha value is -3.67. The van der Waals surface area contributed by atoms with Crippen LogP contribution in [0.3, 0.4) is 0 Å². The van der Waals surface area contributed by atoms with Gasteiger partial charge >= 0.3 is 5.97 Å². The molecule has 2 N–H and O–H groups in total. The number of aromatic carboxylic acids is 1. The minimum absolute atomic E-state index is 0.151. The van der Waals surface area contributed by atoms with Crippen LogP contribution in [0.5, 0.6) is 0 Å². The predicted molar refractivity (Wildman–Crippen MR) is 102 cm³/mol. The van der Waals surface area contributed by atoms with Crippen LogP contribution in [0.15, 0.2) is 67.0 Å². The Morgan fingerprint density at radius 3 is 2.67 bits per heavy atom. The zero-order valence-corrected chi connectivity index (χ0v) is 14.4. The molecule has 2 aromatic heterocycles. The van der Waals surface area contributed by atoms with E-state index in [4.69, 9.17) is 5.11 Å². The molecule has 0 spiro atoms. The van der Waals surface area contributed by atoms with Crippen LogP contribution in [-0.4, -0.2) is 26.5 Å². The Labute approximate surface area is 155 Å². The molecule has 2 aromatic carbocycles. The highest BCUT2D eigenvalue weighted by molar-refractivity contribution is 6.08. The highest BCUT2D eigenvalue weighted by Crippen LogP contribution is 2.27. The Morgan fingerprint density at radius 2 is 1.81 bits per heavy atom. The molecule has 4 rings (SSSR count). The molecule has 2 heterocycles. The summed E-state index contributed by atoms with van der Waals surface area (Å²) in [5, 5.41) is 14.1. The molecule has 6 heteroatoms. The van der Waals surface area contributed by atoms with Crippen LogP contribution in [-0.2, 0) is 17.9 Å². The molecule has 0 fully saturated rings. The van der Waals surface area contributed by atoms with Crippen molar-refractivity contribution in [3.05, 3.63) is 78.1 Å². The van der Waals surface area contributed by atoms with Crippen molar-refractivity contribution in [2.24, 2.45) is 0 Å². The highest BCUT2D eigenvalue weighted by Gasteiger charge is 2.13. The monoisotopic (exact) mass is 359 g/mol. The number of nitrogens with one attached hydrogen (secondary N) is 1. The minimum atomic E-state index is -0.985. The van der Waals surface area contributed by atoms with E-state index in [0.29, 0.717) is 0 Å². The molecule has 0 saturated carbocycles. The van der Waals surface area contributed by atoms with Crippen molar-refractivity contribution in [2.75, 3.05) is 0 Å². The summed E-state index contributed by atoms with van der Waals surface area (Å²) < 4.78 is 1.95. The van der Waals surface area contributed by atoms with Gasteiger partial charge in [0.25, 0.3) is 0 Å². The van der Waals surface area contributed by atoms with Gasteiger partial charge in [0.2, 0.25) is 5.91 Å². The number of fused-ring (bicyclic) bond motifs is 3. The molecule has 1 amide bonds. The first kappa shape index (κ1) is 16.8. The third-order valence-electron chi connectivity index (χ3n) is 4.54. The summed E-state index contributed by atoms with van der Waals surface area (Å²) >= 11 is 0. The van der Waals surface area contributed by atoms with Crippen LogP contribution in [0.25, 0.3) is 21.8 Å². The average Bonchev–Trinajstić information content (AvgIpc) is 3.01. The Balaban J connectivity index is 1.56. The molecule has 4 aromatic rings. The number of para-hydroxylation sites is 1. The van der Waals surface area contributed by atoms with Crippen LogP contribution in [0.4, 0.5) is 0 Å². The fraction of sp³-hybridized carbons (Fsp3) is 0.0952. The summed E-state index contributed by atoms with van der Waals surface area (Å²) in [5.74, 6) is -1.14. The van der Waals surface area contributed by atoms with Crippen molar-refractivity contribution in [1.29, 1.82) is 0 Å². The normalized spacial score (nSPS) is 11.0. The van der Waals surface area contributed by atoms with Gasteiger partial charge in [-0.25, -0.2) is 4.79 Å². The lowest BCUT2D eigenvalue weighted by atomic mass is 10.1. The van der Waals surface area contributed by atoms with E-state index in [1.807, 2.05) is 34.9 Å². The molecule has 27 heavy (non-hydrogen) atoms. The van der Waals surface area contributed by atoms with Crippen molar-refractivity contribution in [2.45, 2.75) is 13.1 Å². The van der Waals surface area contributed by atoms with E-state index in [9.17, 15) is 9.59 Å². The molecule has 0 aliphatic carbocycles.